The summed E-state index contributed by atoms with van der Waals surface area (Å²) in [7, 11) is 2.50. The molecule has 6 N–H and O–H groups in total. The number of hydrogen-bond acceptors (Lipinski definition) is 6. The van der Waals surface area contributed by atoms with Crippen molar-refractivity contribution in [3.63, 3.8) is 0 Å². The fourth-order valence-electron chi connectivity index (χ4n) is 1.50. The lowest BCUT2D eigenvalue weighted by atomic mass is 10.1. The minimum atomic E-state index is -1.08. The summed E-state index contributed by atoms with van der Waals surface area (Å²) < 4.78 is 0. The zero-order chi connectivity index (χ0) is 15.8. The van der Waals surface area contributed by atoms with Crippen LogP contribution in [0.2, 0.25) is 0 Å². The van der Waals surface area contributed by atoms with Crippen molar-refractivity contribution in [3.05, 3.63) is 35.9 Å². The molecule has 6 nitrogen and oxygen atoms in total. The quantitative estimate of drug-likeness (QED) is 0.490. The Morgan fingerprint density at radius 3 is 2.24 bits per heavy atom. The van der Waals surface area contributed by atoms with E-state index in [2.05, 4.69) is 0 Å². The van der Waals surface area contributed by atoms with E-state index < -0.39 is 24.0 Å². The molecule has 0 aliphatic carbocycles. The van der Waals surface area contributed by atoms with Crippen molar-refractivity contribution in [3.8, 4) is 0 Å². The molecule has 0 aliphatic heterocycles. The molecule has 0 saturated heterocycles. The Hall–Kier alpha value is -1.22. The first-order valence-electron chi connectivity index (χ1n) is 6.20. The van der Waals surface area contributed by atoms with E-state index in [1.54, 1.807) is 0 Å². The van der Waals surface area contributed by atoms with Crippen LogP contribution in [0.1, 0.15) is 5.56 Å². The van der Waals surface area contributed by atoms with Crippen LogP contribution in [0.15, 0.2) is 30.3 Å². The molecule has 0 heterocycles. The molecular formula is C13H18N2O4S2. The molecule has 0 fully saturated rings. The number of nitrogens with two attached hydrogens (primary N) is 2. The summed E-state index contributed by atoms with van der Waals surface area (Å²) in [5.41, 5.74) is 12.1. The molecule has 3 unspecified atom stereocenters. The van der Waals surface area contributed by atoms with Gasteiger partial charge in [-0.3, -0.25) is 9.59 Å². The van der Waals surface area contributed by atoms with Crippen molar-refractivity contribution in [2.45, 2.75) is 23.8 Å². The van der Waals surface area contributed by atoms with Gasteiger partial charge < -0.3 is 21.7 Å². The van der Waals surface area contributed by atoms with E-state index in [9.17, 15) is 9.59 Å². The van der Waals surface area contributed by atoms with Gasteiger partial charge in [0.15, 0.2) is 0 Å². The van der Waals surface area contributed by atoms with Crippen LogP contribution in [0, 0.1) is 0 Å². The van der Waals surface area contributed by atoms with Gasteiger partial charge >= 0.3 is 11.9 Å². The van der Waals surface area contributed by atoms with E-state index in [0.29, 0.717) is 6.42 Å². The van der Waals surface area contributed by atoms with E-state index in [4.69, 9.17) is 21.7 Å². The molecule has 0 bridgehead atoms. The normalized spacial score (nSPS) is 15.1. The molecule has 0 aliphatic rings. The van der Waals surface area contributed by atoms with Crippen LogP contribution in [0.4, 0.5) is 0 Å². The van der Waals surface area contributed by atoms with Crippen LogP contribution in [0.3, 0.4) is 0 Å². The molecule has 21 heavy (non-hydrogen) atoms. The zero-order valence-corrected chi connectivity index (χ0v) is 12.8. The van der Waals surface area contributed by atoms with E-state index in [1.807, 2.05) is 30.3 Å². The SMILES string of the molecule is NC(CSSC(Cc1ccccc1)C(N)C(=O)O)C(=O)O. The van der Waals surface area contributed by atoms with Gasteiger partial charge in [-0.05, 0) is 12.0 Å². The van der Waals surface area contributed by atoms with Gasteiger partial charge in [0.2, 0.25) is 0 Å². The van der Waals surface area contributed by atoms with Crippen LogP contribution >= 0.6 is 21.6 Å². The zero-order valence-electron chi connectivity index (χ0n) is 11.2. The third kappa shape index (κ3) is 6.38. The summed E-state index contributed by atoms with van der Waals surface area (Å²) in [6.07, 6.45) is 0.494. The predicted molar refractivity (Wildman–Crippen MR) is 85.2 cm³/mol. The van der Waals surface area contributed by atoms with Crippen molar-refractivity contribution in [2.75, 3.05) is 5.75 Å². The van der Waals surface area contributed by atoms with Crippen molar-refractivity contribution >= 4 is 33.5 Å². The summed E-state index contributed by atoms with van der Waals surface area (Å²) in [5, 5.41) is 17.4. The van der Waals surface area contributed by atoms with Crippen molar-refractivity contribution < 1.29 is 19.8 Å². The number of carboxylic acid groups (broad SMARTS) is 2. The number of carbonyl (C=O) groups is 2. The number of aliphatic carboxylic acids is 2. The lowest BCUT2D eigenvalue weighted by Gasteiger charge is -2.20. The molecule has 8 heteroatoms. The molecule has 0 saturated carbocycles. The highest BCUT2D eigenvalue weighted by Gasteiger charge is 2.26. The van der Waals surface area contributed by atoms with Gasteiger partial charge in [0.1, 0.15) is 12.1 Å². The highest BCUT2D eigenvalue weighted by Crippen LogP contribution is 2.31. The van der Waals surface area contributed by atoms with Gasteiger partial charge in [-0.1, -0.05) is 51.9 Å². The summed E-state index contributed by atoms with van der Waals surface area (Å²) in [6.45, 7) is 0. The Bertz CT molecular complexity index is 472. The lowest BCUT2D eigenvalue weighted by molar-refractivity contribution is -0.139. The van der Waals surface area contributed by atoms with Crippen LogP contribution in [-0.2, 0) is 16.0 Å². The molecule has 3 atom stereocenters. The summed E-state index contributed by atoms with van der Waals surface area (Å²) in [6, 6.07) is 7.42. The second-order valence-electron chi connectivity index (χ2n) is 4.42. The van der Waals surface area contributed by atoms with Crippen molar-refractivity contribution in [2.24, 2.45) is 11.5 Å². The number of benzene rings is 1. The molecule has 1 aromatic carbocycles. The Labute approximate surface area is 130 Å². The first kappa shape index (κ1) is 17.8. The van der Waals surface area contributed by atoms with Crippen molar-refractivity contribution in [1.29, 1.82) is 0 Å². The van der Waals surface area contributed by atoms with Gasteiger partial charge in [0.05, 0.1) is 0 Å². The monoisotopic (exact) mass is 330 g/mol. The van der Waals surface area contributed by atoms with Crippen LogP contribution < -0.4 is 11.5 Å². The molecule has 116 valence electrons. The number of rotatable bonds is 9. The Morgan fingerprint density at radius 2 is 1.71 bits per heavy atom. The van der Waals surface area contributed by atoms with Gasteiger partial charge in [0, 0.05) is 11.0 Å². The van der Waals surface area contributed by atoms with Crippen LogP contribution in [-0.4, -0.2) is 45.2 Å². The summed E-state index contributed by atoms with van der Waals surface area (Å²) in [4.78, 5) is 21.7. The first-order valence-corrected chi connectivity index (χ1v) is 8.59. The highest BCUT2D eigenvalue weighted by molar-refractivity contribution is 8.77. The topological polar surface area (TPSA) is 127 Å². The van der Waals surface area contributed by atoms with Crippen LogP contribution in [0.25, 0.3) is 0 Å². The summed E-state index contributed by atoms with van der Waals surface area (Å²) >= 11 is 0. The largest absolute Gasteiger partial charge is 0.480 e. The molecular weight excluding hydrogens is 312 g/mol. The van der Waals surface area contributed by atoms with Gasteiger partial charge in [-0.15, -0.1) is 0 Å². The van der Waals surface area contributed by atoms with Gasteiger partial charge in [0.25, 0.3) is 0 Å². The fourth-order valence-corrected chi connectivity index (χ4v) is 4.30. The predicted octanol–water partition coefficient (Wildman–Crippen LogP) is 0.803. The number of carboxylic acids is 2. The maximum atomic E-state index is 11.1. The maximum absolute atomic E-state index is 11.1. The average Bonchev–Trinajstić information content (AvgIpc) is 2.46. The molecule has 0 aromatic heterocycles. The summed E-state index contributed by atoms with van der Waals surface area (Å²) in [5.74, 6) is -1.96. The standard InChI is InChI=1S/C13H18N2O4S2/c14-9(12(16)17)7-20-21-10(11(15)13(18)19)6-8-4-2-1-3-5-8/h1-5,9-11H,6-7,14-15H2,(H,16,17)(H,18,19). The Balaban J connectivity index is 2.61. The minimum absolute atomic E-state index is 0.192. The molecule has 1 aromatic rings. The van der Waals surface area contributed by atoms with E-state index >= 15 is 0 Å². The maximum Gasteiger partial charge on any atom is 0.321 e. The van der Waals surface area contributed by atoms with Gasteiger partial charge in [-0.2, -0.15) is 0 Å². The lowest BCUT2D eigenvalue weighted by Crippen LogP contribution is -2.41. The van der Waals surface area contributed by atoms with Gasteiger partial charge in [-0.25, -0.2) is 0 Å². The third-order valence-corrected chi connectivity index (χ3v) is 5.62. The average molecular weight is 330 g/mol. The number of hydrogen-bond donors (Lipinski definition) is 4. The Kier molecular flexibility index (Phi) is 7.58. The molecule has 0 spiro atoms. The smallest absolute Gasteiger partial charge is 0.321 e. The van der Waals surface area contributed by atoms with E-state index in [1.165, 1.54) is 21.6 Å². The third-order valence-electron chi connectivity index (χ3n) is 2.72. The second kappa shape index (κ2) is 8.93. The molecule has 0 amide bonds. The van der Waals surface area contributed by atoms with Crippen LogP contribution in [0.5, 0.6) is 0 Å². The second-order valence-corrected chi connectivity index (χ2v) is 7.07. The van der Waals surface area contributed by atoms with E-state index in [0.717, 1.165) is 5.56 Å². The van der Waals surface area contributed by atoms with Crippen molar-refractivity contribution in [1.82, 2.24) is 0 Å². The molecule has 1 rings (SSSR count). The Morgan fingerprint density at radius 1 is 1.10 bits per heavy atom. The first-order chi connectivity index (χ1) is 9.91. The minimum Gasteiger partial charge on any atom is -0.480 e. The fraction of sp³-hybridized carbons (Fsp3) is 0.385. The molecule has 0 radical (unpaired) electrons. The van der Waals surface area contributed by atoms with E-state index in [-0.39, 0.29) is 11.0 Å². The highest BCUT2D eigenvalue weighted by atomic mass is 33.1.